The number of rotatable bonds is 5. The van der Waals surface area contributed by atoms with Crippen LogP contribution in [0.25, 0.3) is 0 Å². The van der Waals surface area contributed by atoms with Gasteiger partial charge >= 0.3 is 5.97 Å². The van der Waals surface area contributed by atoms with Gasteiger partial charge in [0.1, 0.15) is 4.88 Å². The lowest BCUT2D eigenvalue weighted by atomic mass is 10.2. The van der Waals surface area contributed by atoms with E-state index < -0.39 is 5.97 Å². The summed E-state index contributed by atoms with van der Waals surface area (Å²) in [4.78, 5) is 23.0. The maximum absolute atomic E-state index is 11.8. The number of aryl methyl sites for hydroxylation is 1. The van der Waals surface area contributed by atoms with Crippen molar-refractivity contribution in [3.05, 3.63) is 33.3 Å². The van der Waals surface area contributed by atoms with Crippen LogP contribution in [0.1, 0.15) is 15.2 Å². The Morgan fingerprint density at radius 3 is 2.84 bits per heavy atom. The Kier molecular flexibility index (Phi) is 4.62. The van der Waals surface area contributed by atoms with Gasteiger partial charge in [0.05, 0.1) is 15.6 Å². The summed E-state index contributed by atoms with van der Waals surface area (Å²) in [6.45, 7) is 1.78. The summed E-state index contributed by atoms with van der Waals surface area (Å²) in [6.07, 6.45) is 0. The van der Waals surface area contributed by atoms with Crippen molar-refractivity contribution in [1.82, 2.24) is 0 Å². The minimum Gasteiger partial charge on any atom is -0.477 e. The molecule has 0 spiro atoms. The molecule has 2 heterocycles. The van der Waals surface area contributed by atoms with Crippen molar-refractivity contribution in [2.75, 3.05) is 11.1 Å². The highest BCUT2D eigenvalue weighted by atomic mass is 32.2. The van der Waals surface area contributed by atoms with Gasteiger partial charge in [-0.1, -0.05) is 6.07 Å². The summed E-state index contributed by atoms with van der Waals surface area (Å²) in [5.74, 6) is -0.934. The largest absolute Gasteiger partial charge is 0.477 e. The number of carbonyl (C=O) groups is 2. The molecule has 0 aliphatic carbocycles. The molecule has 2 aromatic rings. The third kappa shape index (κ3) is 3.59. The highest BCUT2D eigenvalue weighted by Gasteiger charge is 2.17. The predicted octanol–water partition coefficient (Wildman–Crippen LogP) is 3.55. The van der Waals surface area contributed by atoms with Gasteiger partial charge in [0.25, 0.3) is 0 Å². The molecule has 0 aliphatic rings. The van der Waals surface area contributed by atoms with Gasteiger partial charge in [-0.3, -0.25) is 4.79 Å². The minimum atomic E-state index is -1.01. The number of carboxylic acid groups (broad SMARTS) is 1. The number of amides is 1. The van der Waals surface area contributed by atoms with E-state index in [9.17, 15) is 9.59 Å². The zero-order chi connectivity index (χ0) is 13.8. The number of thiophene rings is 2. The number of thioether (sulfide) groups is 1. The van der Waals surface area contributed by atoms with Gasteiger partial charge < -0.3 is 10.4 Å². The Bertz CT molecular complexity index is 589. The molecule has 0 bridgehead atoms. The second-order valence-corrected chi connectivity index (χ2v) is 6.80. The van der Waals surface area contributed by atoms with Crippen molar-refractivity contribution in [1.29, 1.82) is 0 Å². The van der Waals surface area contributed by atoms with E-state index in [0.717, 1.165) is 21.1 Å². The molecule has 7 heteroatoms. The van der Waals surface area contributed by atoms with Crippen LogP contribution in [-0.4, -0.2) is 22.7 Å². The second-order valence-electron chi connectivity index (χ2n) is 3.70. The van der Waals surface area contributed by atoms with E-state index in [0.29, 0.717) is 5.69 Å². The van der Waals surface area contributed by atoms with Crippen molar-refractivity contribution in [2.24, 2.45) is 0 Å². The highest BCUT2D eigenvalue weighted by molar-refractivity contribution is 8.01. The van der Waals surface area contributed by atoms with Crippen LogP contribution >= 0.6 is 34.4 Å². The molecule has 0 fully saturated rings. The van der Waals surface area contributed by atoms with Gasteiger partial charge in [-0.25, -0.2) is 4.79 Å². The number of carboxylic acids is 1. The third-order valence-corrected chi connectivity index (χ3v) is 5.49. The van der Waals surface area contributed by atoms with E-state index in [2.05, 4.69) is 5.32 Å². The van der Waals surface area contributed by atoms with Gasteiger partial charge in [-0.2, -0.15) is 0 Å². The van der Waals surface area contributed by atoms with Crippen molar-refractivity contribution in [3.8, 4) is 0 Å². The second kappa shape index (κ2) is 6.23. The van der Waals surface area contributed by atoms with Gasteiger partial charge in [0, 0.05) is 0 Å². The van der Waals surface area contributed by atoms with Gasteiger partial charge in [-0.05, 0) is 29.3 Å². The van der Waals surface area contributed by atoms with Crippen molar-refractivity contribution >= 4 is 52.0 Å². The first-order chi connectivity index (χ1) is 9.08. The molecule has 2 aromatic heterocycles. The molecule has 0 radical (unpaired) electrons. The Balaban J connectivity index is 1.99. The number of hydrogen-bond donors (Lipinski definition) is 2. The van der Waals surface area contributed by atoms with Crippen LogP contribution in [-0.2, 0) is 4.79 Å². The van der Waals surface area contributed by atoms with Crippen LogP contribution in [0.15, 0.2) is 27.1 Å². The summed E-state index contributed by atoms with van der Waals surface area (Å²) in [7, 11) is 0. The first kappa shape index (κ1) is 14.1. The zero-order valence-corrected chi connectivity index (χ0v) is 12.5. The number of anilines is 1. The monoisotopic (exact) mass is 313 g/mol. The minimum absolute atomic E-state index is 0.173. The van der Waals surface area contributed by atoms with E-state index in [1.54, 1.807) is 23.6 Å². The SMILES string of the molecule is Cc1csc(C(=O)O)c1NC(=O)CSc1cccs1. The van der Waals surface area contributed by atoms with Crippen molar-refractivity contribution in [3.63, 3.8) is 0 Å². The fourth-order valence-corrected chi connectivity index (χ4v) is 3.84. The lowest BCUT2D eigenvalue weighted by molar-refractivity contribution is -0.113. The molecule has 1 amide bonds. The average Bonchev–Trinajstić information content (AvgIpc) is 2.98. The van der Waals surface area contributed by atoms with Gasteiger partial charge in [-0.15, -0.1) is 34.4 Å². The summed E-state index contributed by atoms with van der Waals surface area (Å²) in [5.41, 5.74) is 1.19. The fourth-order valence-electron chi connectivity index (χ4n) is 1.41. The molecule has 0 atom stereocenters. The van der Waals surface area contributed by atoms with Crippen LogP contribution in [0.5, 0.6) is 0 Å². The van der Waals surface area contributed by atoms with E-state index in [1.807, 2.05) is 17.5 Å². The molecule has 0 unspecified atom stereocenters. The van der Waals surface area contributed by atoms with E-state index >= 15 is 0 Å². The third-order valence-electron chi connectivity index (χ3n) is 2.27. The molecule has 2 N–H and O–H groups in total. The quantitative estimate of drug-likeness (QED) is 0.829. The Morgan fingerprint density at radius 2 is 2.21 bits per heavy atom. The lowest BCUT2D eigenvalue weighted by Gasteiger charge is -2.05. The van der Waals surface area contributed by atoms with Crippen LogP contribution in [0.3, 0.4) is 0 Å². The Labute approximate surface area is 122 Å². The predicted molar refractivity (Wildman–Crippen MR) is 79.7 cm³/mol. The van der Waals surface area contributed by atoms with E-state index in [1.165, 1.54) is 11.8 Å². The van der Waals surface area contributed by atoms with E-state index in [-0.39, 0.29) is 16.5 Å². The van der Waals surface area contributed by atoms with Gasteiger partial charge in [0.2, 0.25) is 5.91 Å². The number of nitrogens with one attached hydrogen (secondary N) is 1. The smallest absolute Gasteiger partial charge is 0.348 e. The van der Waals surface area contributed by atoms with Crippen molar-refractivity contribution in [2.45, 2.75) is 11.1 Å². The number of hydrogen-bond acceptors (Lipinski definition) is 5. The average molecular weight is 313 g/mol. The summed E-state index contributed by atoms with van der Waals surface area (Å²) in [6, 6.07) is 3.87. The highest BCUT2D eigenvalue weighted by Crippen LogP contribution is 2.28. The molecular weight excluding hydrogens is 302 g/mol. The standard InChI is InChI=1S/C12H11NO3S3/c1-7-5-19-11(12(15)16)10(7)13-8(14)6-18-9-3-2-4-17-9/h2-5H,6H2,1H3,(H,13,14)(H,15,16). The molecule has 0 saturated carbocycles. The van der Waals surface area contributed by atoms with Gasteiger partial charge in [0.15, 0.2) is 0 Å². The first-order valence-electron chi connectivity index (χ1n) is 5.35. The van der Waals surface area contributed by atoms with E-state index in [4.69, 9.17) is 5.11 Å². The molecule has 0 aromatic carbocycles. The molecule has 0 aliphatic heterocycles. The molecule has 100 valence electrons. The normalized spacial score (nSPS) is 10.4. The molecular formula is C12H11NO3S3. The molecule has 4 nitrogen and oxygen atoms in total. The topological polar surface area (TPSA) is 66.4 Å². The number of aromatic carboxylic acids is 1. The molecule has 2 rings (SSSR count). The summed E-state index contributed by atoms with van der Waals surface area (Å²) in [5, 5.41) is 15.4. The Hall–Kier alpha value is -1.31. The lowest BCUT2D eigenvalue weighted by Crippen LogP contribution is -2.16. The zero-order valence-electron chi connectivity index (χ0n) is 10.0. The maximum Gasteiger partial charge on any atom is 0.348 e. The number of carbonyl (C=O) groups excluding carboxylic acids is 1. The molecule has 0 saturated heterocycles. The van der Waals surface area contributed by atoms with Crippen LogP contribution in [0, 0.1) is 6.92 Å². The van der Waals surface area contributed by atoms with Crippen LogP contribution in [0.2, 0.25) is 0 Å². The van der Waals surface area contributed by atoms with Crippen LogP contribution in [0.4, 0.5) is 5.69 Å². The summed E-state index contributed by atoms with van der Waals surface area (Å²) >= 11 is 4.14. The van der Waals surface area contributed by atoms with Crippen molar-refractivity contribution < 1.29 is 14.7 Å². The Morgan fingerprint density at radius 1 is 1.42 bits per heavy atom. The van der Waals surface area contributed by atoms with Crippen LogP contribution < -0.4 is 5.32 Å². The molecule has 19 heavy (non-hydrogen) atoms. The summed E-state index contributed by atoms with van der Waals surface area (Å²) < 4.78 is 1.07. The first-order valence-corrected chi connectivity index (χ1v) is 8.10. The fraction of sp³-hybridized carbons (Fsp3) is 0.167. The maximum atomic E-state index is 11.8.